The van der Waals surface area contributed by atoms with E-state index in [1.54, 1.807) is 0 Å². The summed E-state index contributed by atoms with van der Waals surface area (Å²) in [7, 11) is 0. The summed E-state index contributed by atoms with van der Waals surface area (Å²) in [6.45, 7) is 4.20. The average Bonchev–Trinajstić information content (AvgIpc) is 2.98. The molecular formula is C18H16Cl2N2OS. The number of aryl methyl sites for hydroxylation is 2. The van der Waals surface area contributed by atoms with Crippen LogP contribution in [0.1, 0.15) is 28.1 Å². The number of rotatable bonds is 5. The van der Waals surface area contributed by atoms with Crippen LogP contribution in [0.5, 0.6) is 0 Å². The Hall–Kier alpha value is -1.49. The van der Waals surface area contributed by atoms with Crippen molar-refractivity contribution in [3.63, 3.8) is 0 Å². The monoisotopic (exact) mass is 378 g/mol. The SMILES string of the molecule is Cc1ccc(Cc2nnc(SCc3c(Cl)cccc3Cl)o2)cc1C. The molecule has 0 N–H and O–H groups in total. The van der Waals surface area contributed by atoms with Gasteiger partial charge >= 0.3 is 0 Å². The van der Waals surface area contributed by atoms with Crippen LogP contribution >= 0.6 is 35.0 Å². The Kier molecular flexibility index (Phi) is 5.49. The van der Waals surface area contributed by atoms with E-state index in [1.165, 1.54) is 22.9 Å². The van der Waals surface area contributed by atoms with E-state index in [0.29, 0.717) is 33.3 Å². The zero-order valence-corrected chi connectivity index (χ0v) is 15.7. The normalized spacial score (nSPS) is 11.0. The minimum absolute atomic E-state index is 0.518. The fourth-order valence-electron chi connectivity index (χ4n) is 2.26. The predicted molar refractivity (Wildman–Crippen MR) is 99.0 cm³/mol. The maximum absolute atomic E-state index is 6.17. The van der Waals surface area contributed by atoms with Crippen LogP contribution in [0.4, 0.5) is 0 Å². The standard InChI is InChI=1S/C18H16Cl2N2OS/c1-11-6-7-13(8-12(11)2)9-17-21-22-18(23-17)24-10-14-15(19)4-3-5-16(14)20/h3-8H,9-10H2,1-2H3. The highest BCUT2D eigenvalue weighted by Gasteiger charge is 2.11. The first-order valence-corrected chi connectivity index (χ1v) is 9.21. The zero-order chi connectivity index (χ0) is 17.1. The van der Waals surface area contributed by atoms with Crippen molar-refractivity contribution in [1.29, 1.82) is 0 Å². The van der Waals surface area contributed by atoms with Gasteiger partial charge in [-0.3, -0.25) is 0 Å². The summed E-state index contributed by atoms with van der Waals surface area (Å²) < 4.78 is 5.71. The molecule has 0 radical (unpaired) electrons. The Morgan fingerprint density at radius 3 is 2.46 bits per heavy atom. The Bertz CT molecular complexity index is 844. The first-order chi connectivity index (χ1) is 11.5. The molecule has 0 amide bonds. The predicted octanol–water partition coefficient (Wildman–Crippen LogP) is 5.88. The van der Waals surface area contributed by atoms with Crippen LogP contribution < -0.4 is 0 Å². The van der Waals surface area contributed by atoms with Crippen LogP contribution in [-0.2, 0) is 12.2 Å². The molecule has 0 unspecified atom stereocenters. The highest BCUT2D eigenvalue weighted by molar-refractivity contribution is 7.98. The van der Waals surface area contributed by atoms with Gasteiger partial charge in [-0.25, -0.2) is 0 Å². The van der Waals surface area contributed by atoms with Crippen molar-refractivity contribution in [3.05, 3.63) is 74.6 Å². The molecule has 0 aliphatic carbocycles. The molecule has 0 bridgehead atoms. The topological polar surface area (TPSA) is 38.9 Å². The van der Waals surface area contributed by atoms with Gasteiger partial charge in [0.05, 0.1) is 6.42 Å². The van der Waals surface area contributed by atoms with Crippen LogP contribution in [0.2, 0.25) is 10.0 Å². The third-order valence-corrected chi connectivity index (χ3v) is 5.33. The molecular weight excluding hydrogens is 363 g/mol. The second-order valence-corrected chi connectivity index (χ2v) is 7.29. The molecule has 0 spiro atoms. The van der Waals surface area contributed by atoms with E-state index in [9.17, 15) is 0 Å². The van der Waals surface area contributed by atoms with Crippen molar-refractivity contribution in [2.45, 2.75) is 31.2 Å². The minimum Gasteiger partial charge on any atom is -0.416 e. The van der Waals surface area contributed by atoms with E-state index in [2.05, 4.69) is 42.2 Å². The van der Waals surface area contributed by atoms with E-state index in [-0.39, 0.29) is 0 Å². The quantitative estimate of drug-likeness (QED) is 0.519. The van der Waals surface area contributed by atoms with Gasteiger partial charge in [-0.15, -0.1) is 10.2 Å². The molecule has 6 heteroatoms. The van der Waals surface area contributed by atoms with Crippen molar-refractivity contribution in [2.24, 2.45) is 0 Å². The molecule has 0 saturated heterocycles. The number of hydrogen-bond donors (Lipinski definition) is 0. The largest absolute Gasteiger partial charge is 0.416 e. The zero-order valence-electron chi connectivity index (χ0n) is 13.3. The summed E-state index contributed by atoms with van der Waals surface area (Å²) in [6, 6.07) is 11.8. The third kappa shape index (κ3) is 4.12. The average molecular weight is 379 g/mol. The summed E-state index contributed by atoms with van der Waals surface area (Å²) in [4.78, 5) is 0. The molecule has 1 heterocycles. The van der Waals surface area contributed by atoms with Gasteiger partial charge in [0.25, 0.3) is 5.22 Å². The number of aromatic nitrogens is 2. The van der Waals surface area contributed by atoms with Crippen molar-refractivity contribution in [3.8, 4) is 0 Å². The smallest absolute Gasteiger partial charge is 0.276 e. The van der Waals surface area contributed by atoms with Gasteiger partial charge in [0.1, 0.15) is 0 Å². The van der Waals surface area contributed by atoms with Gasteiger partial charge in [0, 0.05) is 15.8 Å². The molecule has 2 aromatic carbocycles. The van der Waals surface area contributed by atoms with Gasteiger partial charge in [0.15, 0.2) is 0 Å². The Labute approximate surface area is 155 Å². The lowest BCUT2D eigenvalue weighted by Crippen LogP contribution is -1.90. The maximum Gasteiger partial charge on any atom is 0.276 e. The molecule has 3 aromatic rings. The molecule has 0 fully saturated rings. The van der Waals surface area contributed by atoms with E-state index in [4.69, 9.17) is 27.6 Å². The molecule has 0 aliphatic rings. The molecule has 0 atom stereocenters. The van der Waals surface area contributed by atoms with E-state index in [1.807, 2.05) is 18.2 Å². The number of hydrogen-bond acceptors (Lipinski definition) is 4. The van der Waals surface area contributed by atoms with Gasteiger partial charge in [-0.05, 0) is 48.2 Å². The fraction of sp³-hybridized carbons (Fsp3) is 0.222. The summed E-state index contributed by atoms with van der Waals surface area (Å²) in [5, 5.41) is 10.0. The Morgan fingerprint density at radius 2 is 1.75 bits per heavy atom. The molecule has 1 aromatic heterocycles. The molecule has 0 aliphatic heterocycles. The number of nitrogens with zero attached hydrogens (tertiary/aromatic N) is 2. The van der Waals surface area contributed by atoms with Crippen LogP contribution in [0.3, 0.4) is 0 Å². The first-order valence-electron chi connectivity index (χ1n) is 7.47. The van der Waals surface area contributed by atoms with Crippen LogP contribution in [-0.4, -0.2) is 10.2 Å². The second-order valence-electron chi connectivity index (χ2n) is 5.55. The highest BCUT2D eigenvalue weighted by atomic mass is 35.5. The first kappa shape index (κ1) is 17.3. The van der Waals surface area contributed by atoms with Gasteiger partial charge in [0.2, 0.25) is 5.89 Å². The highest BCUT2D eigenvalue weighted by Crippen LogP contribution is 2.31. The van der Waals surface area contributed by atoms with Crippen molar-refractivity contribution in [1.82, 2.24) is 10.2 Å². The number of benzene rings is 2. The van der Waals surface area contributed by atoms with Crippen molar-refractivity contribution in [2.75, 3.05) is 0 Å². The third-order valence-electron chi connectivity index (χ3n) is 3.78. The van der Waals surface area contributed by atoms with Gasteiger partial charge in [-0.2, -0.15) is 0 Å². The van der Waals surface area contributed by atoms with Crippen LogP contribution in [0.25, 0.3) is 0 Å². The lowest BCUT2D eigenvalue weighted by Gasteiger charge is -2.04. The Balaban J connectivity index is 1.66. The van der Waals surface area contributed by atoms with Crippen LogP contribution in [0.15, 0.2) is 46.0 Å². The van der Waals surface area contributed by atoms with Crippen molar-refractivity contribution < 1.29 is 4.42 Å². The molecule has 3 rings (SSSR count). The van der Waals surface area contributed by atoms with E-state index < -0.39 is 0 Å². The molecule has 24 heavy (non-hydrogen) atoms. The molecule has 124 valence electrons. The second kappa shape index (κ2) is 7.60. The van der Waals surface area contributed by atoms with E-state index >= 15 is 0 Å². The minimum atomic E-state index is 0.518. The Morgan fingerprint density at radius 1 is 1.00 bits per heavy atom. The fourth-order valence-corrected chi connectivity index (χ4v) is 3.78. The summed E-state index contributed by atoms with van der Waals surface area (Å²) in [5.41, 5.74) is 4.57. The number of thioether (sulfide) groups is 1. The van der Waals surface area contributed by atoms with Crippen LogP contribution in [0, 0.1) is 13.8 Å². The summed E-state index contributed by atoms with van der Waals surface area (Å²) in [5.74, 6) is 1.19. The maximum atomic E-state index is 6.17. The molecule has 3 nitrogen and oxygen atoms in total. The van der Waals surface area contributed by atoms with Gasteiger partial charge in [-0.1, -0.05) is 59.2 Å². The van der Waals surface area contributed by atoms with E-state index in [0.717, 1.165) is 11.1 Å². The molecule has 0 saturated carbocycles. The number of halogens is 2. The lowest BCUT2D eigenvalue weighted by atomic mass is 10.0. The summed E-state index contributed by atoms with van der Waals surface area (Å²) in [6.07, 6.45) is 0.627. The van der Waals surface area contributed by atoms with Gasteiger partial charge < -0.3 is 4.42 Å². The summed E-state index contributed by atoms with van der Waals surface area (Å²) >= 11 is 13.8. The van der Waals surface area contributed by atoms with Crippen molar-refractivity contribution >= 4 is 35.0 Å². The lowest BCUT2D eigenvalue weighted by molar-refractivity contribution is 0.420.